The van der Waals surface area contributed by atoms with Crippen molar-refractivity contribution in [2.24, 2.45) is 39.9 Å². The Labute approximate surface area is 403 Å². The Bertz CT molecular complexity index is 1950. The van der Waals surface area contributed by atoms with Gasteiger partial charge in [-0.1, -0.05) is 47.5 Å². The van der Waals surface area contributed by atoms with Gasteiger partial charge in [-0.3, -0.25) is 33.6 Å². The number of hydrogen-bond acceptors (Lipinski definition) is 15. The molecule has 2 saturated carbocycles. The predicted molar refractivity (Wildman–Crippen MR) is 246 cm³/mol. The molecule has 0 aliphatic heterocycles. The van der Waals surface area contributed by atoms with E-state index in [2.05, 4.69) is 5.32 Å². The third-order valence-electron chi connectivity index (χ3n) is 12.6. The molecule has 2 atom stereocenters. The van der Waals surface area contributed by atoms with Crippen molar-refractivity contribution in [1.29, 1.82) is 0 Å². The van der Waals surface area contributed by atoms with E-state index >= 15 is 0 Å². The molecule has 2 fully saturated rings. The van der Waals surface area contributed by atoms with E-state index in [-0.39, 0.29) is 86.0 Å². The Balaban J connectivity index is 0.000000519. The number of aromatic carboxylic acids is 2. The largest absolute Gasteiger partial charge is 0.481 e. The number of hydrogen-bond donors (Lipinski definition) is 5. The summed E-state index contributed by atoms with van der Waals surface area (Å²) < 4.78 is 25.2. The lowest BCUT2D eigenvalue weighted by Gasteiger charge is -2.26. The lowest BCUT2D eigenvalue weighted by molar-refractivity contribution is -0.161. The number of carboxylic acids is 4. The summed E-state index contributed by atoms with van der Waals surface area (Å²) in [4.78, 5) is 115. The number of esters is 5. The van der Waals surface area contributed by atoms with Gasteiger partial charge in [-0.05, 0) is 104 Å². The van der Waals surface area contributed by atoms with Crippen LogP contribution in [0.3, 0.4) is 0 Å². The van der Waals surface area contributed by atoms with Crippen molar-refractivity contribution < 1.29 is 92.1 Å². The van der Waals surface area contributed by atoms with Gasteiger partial charge < -0.3 is 49.4 Å². The summed E-state index contributed by atoms with van der Waals surface area (Å²) in [6.07, 6.45) is 6.85. The van der Waals surface area contributed by atoms with Crippen molar-refractivity contribution >= 4 is 59.6 Å². The molecule has 20 nitrogen and oxygen atoms in total. The van der Waals surface area contributed by atoms with Crippen LogP contribution in [0.15, 0.2) is 18.2 Å². The Morgan fingerprint density at radius 2 is 0.986 bits per heavy atom. The molecule has 0 aromatic heterocycles. The molecule has 0 radical (unpaired) electrons. The lowest BCUT2D eigenvalue weighted by Crippen LogP contribution is -2.39. The standard InChI is InChI=1S/C17H20O8.C16H27NO5.C16H26O6/c1-4-17(2,3)16(23)25-8-7-24-15(22)12-9-10(13(18)19)5-6-11(12)14(20)21;1-4-16(2,3)15(21)17-9-10-22-14(20)12-8-6-5-7-11(12)13(18)19;1-4-16(2,3)15(20)22-10-9-21-14(19)12-7-5-11(6-8-12)13(17)18/h5-6,9H,4,7-8H2,1-3H3,(H,18,19)(H,20,21);11-12H,4-10H2,1-3H3,(H,17,21)(H,18,19);11-12H,4-10H2,1-3H3,(H,17,18). The van der Waals surface area contributed by atoms with Gasteiger partial charge >= 0.3 is 53.7 Å². The Morgan fingerprint density at radius 1 is 0.522 bits per heavy atom. The molecule has 2 aliphatic carbocycles. The molecule has 1 aromatic rings. The highest BCUT2D eigenvalue weighted by Gasteiger charge is 2.37. The van der Waals surface area contributed by atoms with Crippen molar-refractivity contribution in [2.75, 3.05) is 39.6 Å². The van der Waals surface area contributed by atoms with Crippen LogP contribution in [0.1, 0.15) is 164 Å². The Hall–Kier alpha value is -6.08. The molecule has 69 heavy (non-hydrogen) atoms. The third kappa shape index (κ3) is 20.6. The average molecular weight is 980 g/mol. The summed E-state index contributed by atoms with van der Waals surface area (Å²) in [5.74, 6) is -8.82. The monoisotopic (exact) mass is 979 g/mol. The van der Waals surface area contributed by atoms with E-state index in [1.54, 1.807) is 13.8 Å². The second-order valence-corrected chi connectivity index (χ2v) is 18.8. The molecule has 0 saturated heterocycles. The number of ether oxygens (including phenoxy) is 5. The molecule has 0 bridgehead atoms. The van der Waals surface area contributed by atoms with Gasteiger partial charge in [0.1, 0.15) is 33.0 Å². The van der Waals surface area contributed by atoms with Crippen LogP contribution in [0, 0.1) is 39.9 Å². The van der Waals surface area contributed by atoms with Gasteiger partial charge in [0.2, 0.25) is 5.91 Å². The molecule has 0 spiro atoms. The molecular formula is C49H73NO19. The van der Waals surface area contributed by atoms with E-state index in [4.69, 9.17) is 44.1 Å². The van der Waals surface area contributed by atoms with Gasteiger partial charge in [-0.2, -0.15) is 0 Å². The van der Waals surface area contributed by atoms with E-state index in [0.29, 0.717) is 51.4 Å². The maximum Gasteiger partial charge on any atom is 0.339 e. The van der Waals surface area contributed by atoms with Crippen LogP contribution < -0.4 is 5.32 Å². The van der Waals surface area contributed by atoms with E-state index in [1.807, 2.05) is 48.5 Å². The maximum absolute atomic E-state index is 12.0. The van der Waals surface area contributed by atoms with Crippen LogP contribution in [0.4, 0.5) is 0 Å². The Morgan fingerprint density at radius 3 is 1.45 bits per heavy atom. The van der Waals surface area contributed by atoms with E-state index in [0.717, 1.165) is 37.5 Å². The first-order valence-electron chi connectivity index (χ1n) is 23.4. The summed E-state index contributed by atoms with van der Waals surface area (Å²) in [7, 11) is 0. The van der Waals surface area contributed by atoms with Crippen LogP contribution in [0.2, 0.25) is 0 Å². The number of benzene rings is 1. The number of aliphatic carboxylic acids is 2. The first-order chi connectivity index (χ1) is 32.2. The van der Waals surface area contributed by atoms with Crippen LogP contribution in [-0.4, -0.2) is 120 Å². The van der Waals surface area contributed by atoms with Gasteiger partial charge in [0.15, 0.2) is 0 Å². The molecule has 1 amide bonds. The minimum absolute atomic E-state index is 0.0449. The fourth-order valence-corrected chi connectivity index (χ4v) is 6.56. The molecule has 388 valence electrons. The molecule has 20 heteroatoms. The zero-order chi connectivity index (χ0) is 52.7. The first-order valence-corrected chi connectivity index (χ1v) is 23.4. The zero-order valence-electron chi connectivity index (χ0n) is 41.5. The smallest absolute Gasteiger partial charge is 0.339 e. The van der Waals surface area contributed by atoms with Crippen molar-refractivity contribution in [3.05, 3.63) is 34.9 Å². The Kier molecular flexibility index (Phi) is 25.7. The third-order valence-corrected chi connectivity index (χ3v) is 12.6. The van der Waals surface area contributed by atoms with Gasteiger partial charge in [-0.15, -0.1) is 0 Å². The highest BCUT2D eigenvalue weighted by molar-refractivity contribution is 6.04. The average Bonchev–Trinajstić information content (AvgIpc) is 3.32. The molecule has 3 rings (SSSR count). The molecule has 5 N–H and O–H groups in total. The van der Waals surface area contributed by atoms with E-state index < -0.39 is 69.9 Å². The number of carbonyl (C=O) groups is 10. The molecule has 0 heterocycles. The van der Waals surface area contributed by atoms with Crippen molar-refractivity contribution in [3.63, 3.8) is 0 Å². The predicted octanol–water partition coefficient (Wildman–Crippen LogP) is 6.59. The van der Waals surface area contributed by atoms with Gasteiger partial charge in [0.25, 0.3) is 0 Å². The van der Waals surface area contributed by atoms with Crippen LogP contribution >= 0.6 is 0 Å². The summed E-state index contributed by atoms with van der Waals surface area (Å²) in [6, 6.07) is 3.03. The zero-order valence-corrected chi connectivity index (χ0v) is 41.5. The SMILES string of the molecule is CCC(C)(C)C(=O)NCCOC(=O)C1CCCCC1C(=O)O.CCC(C)(C)C(=O)OCCOC(=O)C1CCC(C(=O)O)CC1.CCC(C)(C)C(=O)OCCOC(=O)c1cc(C(=O)O)ccc1C(=O)O. The molecule has 2 aliphatic rings. The van der Waals surface area contributed by atoms with Crippen LogP contribution in [0.25, 0.3) is 0 Å². The maximum atomic E-state index is 12.0. The quantitative estimate of drug-likeness (QED) is 0.0464. The second kappa shape index (κ2) is 29.1. The van der Waals surface area contributed by atoms with E-state index in [1.165, 1.54) is 0 Å². The fourth-order valence-electron chi connectivity index (χ4n) is 6.56. The molecular weight excluding hydrogens is 907 g/mol. The molecule has 2 unspecified atom stereocenters. The molecule has 1 aromatic carbocycles. The number of amides is 1. The normalized spacial score (nSPS) is 17.9. The number of carboxylic acid groups (broad SMARTS) is 4. The van der Waals surface area contributed by atoms with Gasteiger partial charge in [0, 0.05) is 5.41 Å². The first kappa shape index (κ1) is 60.9. The topological polar surface area (TPSA) is 310 Å². The lowest BCUT2D eigenvalue weighted by atomic mass is 9.79. The summed E-state index contributed by atoms with van der Waals surface area (Å²) in [6.45, 7) is 16.4. The number of rotatable bonds is 22. The summed E-state index contributed by atoms with van der Waals surface area (Å²) in [5, 5.41) is 38.8. The summed E-state index contributed by atoms with van der Waals surface area (Å²) in [5.41, 5.74) is -2.63. The van der Waals surface area contributed by atoms with Crippen LogP contribution in [-0.2, 0) is 57.2 Å². The van der Waals surface area contributed by atoms with Gasteiger partial charge in [0.05, 0.1) is 57.7 Å². The van der Waals surface area contributed by atoms with Crippen molar-refractivity contribution in [1.82, 2.24) is 5.32 Å². The minimum atomic E-state index is -1.39. The van der Waals surface area contributed by atoms with E-state index in [9.17, 15) is 47.9 Å². The van der Waals surface area contributed by atoms with Crippen molar-refractivity contribution in [2.45, 2.75) is 133 Å². The number of carbonyl (C=O) groups excluding carboxylic acids is 6. The van der Waals surface area contributed by atoms with Crippen molar-refractivity contribution in [3.8, 4) is 0 Å². The highest BCUT2D eigenvalue weighted by Crippen LogP contribution is 2.32. The second-order valence-electron chi connectivity index (χ2n) is 18.8. The highest BCUT2D eigenvalue weighted by atomic mass is 16.6. The fraction of sp³-hybridized carbons (Fsp3) is 0.673. The minimum Gasteiger partial charge on any atom is -0.481 e. The van der Waals surface area contributed by atoms with Crippen LogP contribution in [0.5, 0.6) is 0 Å². The summed E-state index contributed by atoms with van der Waals surface area (Å²) >= 11 is 0. The van der Waals surface area contributed by atoms with Gasteiger partial charge in [-0.25, -0.2) is 14.4 Å². The number of nitrogens with one attached hydrogen (secondary N) is 1.